The highest BCUT2D eigenvalue weighted by Gasteiger charge is 2.39. The zero-order chi connectivity index (χ0) is 15.2. The van der Waals surface area contributed by atoms with Crippen molar-refractivity contribution in [2.45, 2.75) is 39.2 Å². The van der Waals surface area contributed by atoms with Crippen LogP contribution in [0.1, 0.15) is 42.7 Å². The topological polar surface area (TPSA) is 58.4 Å². The molecule has 5 nitrogen and oxygen atoms in total. The summed E-state index contributed by atoms with van der Waals surface area (Å²) < 4.78 is 1.94. The van der Waals surface area contributed by atoms with Gasteiger partial charge in [-0.15, -0.1) is 0 Å². The van der Waals surface area contributed by atoms with Crippen molar-refractivity contribution >= 4 is 17.4 Å². The molecule has 5 heteroatoms. The monoisotopic (exact) mass is 286 g/mol. The highest BCUT2D eigenvalue weighted by atomic mass is 16.1. The molecule has 0 atom stereocenters. The second-order valence-electron chi connectivity index (χ2n) is 6.41. The van der Waals surface area contributed by atoms with Crippen LogP contribution in [0.2, 0.25) is 0 Å². The molecule has 0 unspecified atom stereocenters. The molecule has 1 aliphatic carbocycles. The van der Waals surface area contributed by atoms with Gasteiger partial charge in [0.25, 0.3) is 5.91 Å². The minimum absolute atomic E-state index is 0.0467. The molecule has 0 bridgehead atoms. The molecule has 0 spiro atoms. The van der Waals surface area contributed by atoms with Crippen molar-refractivity contribution in [2.24, 2.45) is 5.92 Å². The minimum Gasteiger partial charge on any atom is -0.373 e. The Morgan fingerprint density at radius 1 is 1.43 bits per heavy atom. The second kappa shape index (κ2) is 4.76. The quantitative estimate of drug-likeness (QED) is 0.908. The Hall–Kier alpha value is -2.04. The van der Waals surface area contributed by atoms with E-state index in [9.17, 15) is 4.79 Å². The molecule has 0 aromatic carbocycles. The fourth-order valence-corrected chi connectivity index (χ4v) is 2.81. The first-order chi connectivity index (χ1) is 9.92. The molecule has 3 rings (SSSR count). The number of hydrogen-bond donors (Lipinski definition) is 2. The van der Waals surface area contributed by atoms with Crippen LogP contribution in [0.3, 0.4) is 0 Å². The fourth-order valence-electron chi connectivity index (χ4n) is 2.81. The number of carbonyl (C=O) groups excluding carboxylic acids is 1. The third-order valence-corrected chi connectivity index (χ3v) is 4.35. The van der Waals surface area contributed by atoms with E-state index in [0.717, 1.165) is 11.5 Å². The van der Waals surface area contributed by atoms with Gasteiger partial charge in [-0.25, -0.2) is 4.98 Å². The average Bonchev–Trinajstić information content (AvgIpc) is 3.19. The smallest absolute Gasteiger partial charge is 0.255 e. The van der Waals surface area contributed by atoms with E-state index in [4.69, 9.17) is 0 Å². The molecule has 0 radical (unpaired) electrons. The van der Waals surface area contributed by atoms with Gasteiger partial charge in [0.1, 0.15) is 5.82 Å². The molecule has 112 valence electrons. The highest BCUT2D eigenvalue weighted by Crippen LogP contribution is 2.39. The molecule has 0 aliphatic heterocycles. The molecule has 1 aliphatic rings. The van der Waals surface area contributed by atoms with Gasteiger partial charge < -0.3 is 15.0 Å². The van der Waals surface area contributed by atoms with Crippen LogP contribution in [-0.2, 0) is 0 Å². The summed E-state index contributed by atoms with van der Waals surface area (Å²) in [7, 11) is 1.83. The normalized spacial score (nSPS) is 15.2. The van der Waals surface area contributed by atoms with Crippen LogP contribution >= 0.6 is 0 Å². The van der Waals surface area contributed by atoms with E-state index in [1.54, 1.807) is 0 Å². The Labute approximate surface area is 124 Å². The Morgan fingerprint density at radius 3 is 2.76 bits per heavy atom. The van der Waals surface area contributed by atoms with Crippen LogP contribution in [0, 0.1) is 12.8 Å². The van der Waals surface area contributed by atoms with E-state index in [1.165, 1.54) is 12.8 Å². The van der Waals surface area contributed by atoms with Gasteiger partial charge in [0, 0.05) is 30.5 Å². The van der Waals surface area contributed by atoms with Gasteiger partial charge in [0.15, 0.2) is 5.65 Å². The van der Waals surface area contributed by atoms with Crippen molar-refractivity contribution in [3.63, 3.8) is 0 Å². The molecule has 1 amide bonds. The number of nitrogens with zero attached hydrogens (tertiary/aromatic N) is 2. The number of amides is 1. The zero-order valence-electron chi connectivity index (χ0n) is 13.0. The summed E-state index contributed by atoms with van der Waals surface area (Å²) in [6, 6.07) is 3.80. The van der Waals surface area contributed by atoms with Crippen molar-refractivity contribution in [3.05, 3.63) is 29.6 Å². The van der Waals surface area contributed by atoms with Gasteiger partial charge in [-0.2, -0.15) is 0 Å². The molecular weight excluding hydrogens is 264 g/mol. The number of rotatable bonds is 4. The lowest BCUT2D eigenvalue weighted by molar-refractivity contribution is 0.0905. The third-order valence-electron chi connectivity index (χ3n) is 4.35. The van der Waals surface area contributed by atoms with Crippen LogP contribution in [0.5, 0.6) is 0 Å². The van der Waals surface area contributed by atoms with Crippen molar-refractivity contribution in [2.75, 3.05) is 12.4 Å². The lowest BCUT2D eigenvalue weighted by Gasteiger charge is -2.25. The maximum absolute atomic E-state index is 12.6. The van der Waals surface area contributed by atoms with Gasteiger partial charge in [-0.3, -0.25) is 4.79 Å². The van der Waals surface area contributed by atoms with E-state index < -0.39 is 0 Å². The Morgan fingerprint density at radius 2 is 2.14 bits per heavy atom. The molecule has 0 saturated heterocycles. The summed E-state index contributed by atoms with van der Waals surface area (Å²) in [4.78, 5) is 17.1. The van der Waals surface area contributed by atoms with Crippen LogP contribution in [0.25, 0.3) is 5.65 Å². The molecule has 21 heavy (non-hydrogen) atoms. The van der Waals surface area contributed by atoms with Gasteiger partial charge in [-0.05, 0) is 45.6 Å². The Bertz CT molecular complexity index is 698. The SMILES string of the molecule is CNc1cc(C)n2ccc(C(=O)NC(C)(C)C3CC3)c2n1. The van der Waals surface area contributed by atoms with Gasteiger partial charge in [0.2, 0.25) is 0 Å². The maximum atomic E-state index is 12.6. The lowest BCUT2D eigenvalue weighted by atomic mass is 9.98. The minimum atomic E-state index is -0.152. The van der Waals surface area contributed by atoms with E-state index in [1.807, 2.05) is 36.7 Å². The highest BCUT2D eigenvalue weighted by molar-refractivity contribution is 6.00. The standard InChI is InChI=1S/C16H22N4O/c1-10-9-13(17-4)18-14-12(7-8-20(10)14)15(21)19-16(2,3)11-5-6-11/h7-9,11H,5-6H2,1-4H3,(H,17,18)(H,19,21). The van der Waals surface area contributed by atoms with Crippen LogP contribution in [0.4, 0.5) is 5.82 Å². The summed E-state index contributed by atoms with van der Waals surface area (Å²) in [6.07, 6.45) is 4.30. The maximum Gasteiger partial charge on any atom is 0.255 e. The van der Waals surface area contributed by atoms with Crippen molar-refractivity contribution in [3.8, 4) is 0 Å². The van der Waals surface area contributed by atoms with E-state index in [-0.39, 0.29) is 11.4 Å². The van der Waals surface area contributed by atoms with E-state index in [0.29, 0.717) is 17.1 Å². The molecule has 2 heterocycles. The van der Waals surface area contributed by atoms with Crippen LogP contribution in [-0.4, -0.2) is 27.9 Å². The van der Waals surface area contributed by atoms with Gasteiger partial charge in [0.05, 0.1) is 5.56 Å². The molecule has 2 aromatic rings. The van der Waals surface area contributed by atoms with E-state index >= 15 is 0 Å². The van der Waals surface area contributed by atoms with Crippen molar-refractivity contribution in [1.29, 1.82) is 0 Å². The number of fused-ring (bicyclic) bond motifs is 1. The molecule has 1 fully saturated rings. The average molecular weight is 286 g/mol. The first-order valence-electron chi connectivity index (χ1n) is 7.41. The van der Waals surface area contributed by atoms with Crippen LogP contribution < -0.4 is 10.6 Å². The summed E-state index contributed by atoms with van der Waals surface area (Å²) in [5.41, 5.74) is 2.22. The molecule has 2 aromatic heterocycles. The lowest BCUT2D eigenvalue weighted by Crippen LogP contribution is -2.45. The van der Waals surface area contributed by atoms with Gasteiger partial charge in [-0.1, -0.05) is 0 Å². The Kier molecular flexibility index (Phi) is 3.15. The number of aryl methyl sites for hydroxylation is 1. The molecular formula is C16H22N4O. The predicted molar refractivity (Wildman–Crippen MR) is 83.7 cm³/mol. The van der Waals surface area contributed by atoms with Gasteiger partial charge >= 0.3 is 0 Å². The number of hydrogen-bond acceptors (Lipinski definition) is 3. The molecule has 2 N–H and O–H groups in total. The number of nitrogens with one attached hydrogen (secondary N) is 2. The Balaban J connectivity index is 1.96. The fraction of sp³-hybridized carbons (Fsp3) is 0.500. The van der Waals surface area contributed by atoms with E-state index in [2.05, 4.69) is 29.5 Å². The second-order valence-corrected chi connectivity index (χ2v) is 6.41. The number of carbonyl (C=O) groups is 1. The van der Waals surface area contributed by atoms with Crippen LogP contribution in [0.15, 0.2) is 18.3 Å². The number of aromatic nitrogens is 2. The first-order valence-corrected chi connectivity index (χ1v) is 7.41. The summed E-state index contributed by atoms with van der Waals surface area (Å²) in [5.74, 6) is 1.32. The van der Waals surface area contributed by atoms with Crippen molar-refractivity contribution in [1.82, 2.24) is 14.7 Å². The molecule has 1 saturated carbocycles. The first kappa shape index (κ1) is 13.9. The third kappa shape index (κ3) is 2.48. The summed E-state index contributed by atoms with van der Waals surface area (Å²) in [5, 5.41) is 6.19. The zero-order valence-corrected chi connectivity index (χ0v) is 13.0. The predicted octanol–water partition coefficient (Wildman–Crippen LogP) is 2.60. The number of anilines is 1. The largest absolute Gasteiger partial charge is 0.373 e. The summed E-state index contributed by atoms with van der Waals surface area (Å²) in [6.45, 7) is 6.20. The van der Waals surface area contributed by atoms with Crippen molar-refractivity contribution < 1.29 is 4.79 Å². The summed E-state index contributed by atoms with van der Waals surface area (Å²) >= 11 is 0.